The number of carbonyl (C=O) groups is 1. The minimum atomic E-state index is 0.0151. The zero-order chi connectivity index (χ0) is 19.1. The van der Waals surface area contributed by atoms with Gasteiger partial charge in [0.1, 0.15) is 5.82 Å². The number of nitrogens with zero attached hydrogens (tertiary/aromatic N) is 4. The standard InChI is InChI=1S/C21H31N5O/c1-3-11-26(17-20-22-10-13-24(20)2)21(27)23-14-19-9-12-25(16-19)15-18-7-5-4-6-8-18/h4-8,10,13,19H,3,9,11-12,14-17H2,1-2H3,(H,23,27)/t19-/m0/s1. The SMILES string of the molecule is CCCN(Cc1nccn1C)C(=O)NC[C@@H]1CCN(Cc2ccccc2)C1. The lowest BCUT2D eigenvalue weighted by atomic mass is 10.1. The zero-order valence-corrected chi connectivity index (χ0v) is 16.5. The molecule has 1 aliphatic rings. The first-order chi connectivity index (χ1) is 13.2. The molecule has 0 radical (unpaired) electrons. The largest absolute Gasteiger partial charge is 0.338 e. The van der Waals surface area contributed by atoms with Gasteiger partial charge in [-0.2, -0.15) is 0 Å². The third-order valence-corrected chi connectivity index (χ3v) is 5.19. The number of urea groups is 1. The molecule has 1 fully saturated rings. The Labute approximate surface area is 162 Å². The highest BCUT2D eigenvalue weighted by Gasteiger charge is 2.24. The highest BCUT2D eigenvalue weighted by molar-refractivity contribution is 5.74. The summed E-state index contributed by atoms with van der Waals surface area (Å²) >= 11 is 0. The maximum Gasteiger partial charge on any atom is 0.317 e. The van der Waals surface area contributed by atoms with Gasteiger partial charge in [-0.1, -0.05) is 37.3 Å². The minimum absolute atomic E-state index is 0.0151. The molecular weight excluding hydrogens is 338 g/mol. The number of hydrogen-bond donors (Lipinski definition) is 1. The van der Waals surface area contributed by atoms with Crippen molar-refractivity contribution >= 4 is 6.03 Å². The van der Waals surface area contributed by atoms with Crippen LogP contribution in [0.1, 0.15) is 31.2 Å². The molecule has 2 amide bonds. The molecule has 0 spiro atoms. The van der Waals surface area contributed by atoms with Crippen LogP contribution in [0.2, 0.25) is 0 Å². The predicted molar refractivity (Wildman–Crippen MR) is 107 cm³/mol. The molecule has 6 heteroatoms. The number of nitrogens with one attached hydrogen (secondary N) is 1. The highest BCUT2D eigenvalue weighted by Crippen LogP contribution is 2.18. The Morgan fingerprint density at radius 1 is 1.33 bits per heavy atom. The molecule has 0 bridgehead atoms. The summed E-state index contributed by atoms with van der Waals surface area (Å²) in [7, 11) is 1.96. The Kier molecular flexibility index (Phi) is 6.87. The second-order valence-electron chi connectivity index (χ2n) is 7.44. The van der Waals surface area contributed by atoms with Crippen molar-refractivity contribution in [3.05, 3.63) is 54.1 Å². The van der Waals surface area contributed by atoms with E-state index in [2.05, 4.69) is 52.5 Å². The summed E-state index contributed by atoms with van der Waals surface area (Å²) in [5, 5.41) is 3.15. The van der Waals surface area contributed by atoms with Crippen molar-refractivity contribution in [1.82, 2.24) is 24.7 Å². The van der Waals surface area contributed by atoms with Crippen molar-refractivity contribution in [2.45, 2.75) is 32.9 Å². The van der Waals surface area contributed by atoms with Crippen LogP contribution in [0.4, 0.5) is 4.79 Å². The Morgan fingerprint density at radius 3 is 2.85 bits per heavy atom. The molecule has 1 aromatic carbocycles. The molecule has 0 saturated carbocycles. The van der Waals surface area contributed by atoms with Crippen LogP contribution in [0, 0.1) is 5.92 Å². The van der Waals surface area contributed by atoms with Crippen LogP contribution in [0.5, 0.6) is 0 Å². The van der Waals surface area contributed by atoms with Gasteiger partial charge < -0.3 is 14.8 Å². The van der Waals surface area contributed by atoms with Gasteiger partial charge in [0.25, 0.3) is 0 Å². The van der Waals surface area contributed by atoms with E-state index in [1.165, 1.54) is 5.56 Å². The van der Waals surface area contributed by atoms with E-state index in [-0.39, 0.29) is 6.03 Å². The molecule has 0 aliphatic carbocycles. The van der Waals surface area contributed by atoms with Gasteiger partial charge in [0.05, 0.1) is 6.54 Å². The van der Waals surface area contributed by atoms with Gasteiger partial charge in [-0.25, -0.2) is 9.78 Å². The molecule has 1 atom stereocenters. The third-order valence-electron chi connectivity index (χ3n) is 5.19. The molecule has 0 unspecified atom stereocenters. The fraction of sp³-hybridized carbons (Fsp3) is 0.524. The maximum absolute atomic E-state index is 12.7. The summed E-state index contributed by atoms with van der Waals surface area (Å²) in [6.45, 7) is 7.26. The molecule has 146 valence electrons. The molecule has 3 rings (SSSR count). The van der Waals surface area contributed by atoms with Crippen molar-refractivity contribution in [1.29, 1.82) is 0 Å². The summed E-state index contributed by atoms with van der Waals surface area (Å²) < 4.78 is 1.97. The molecular formula is C21H31N5O. The van der Waals surface area contributed by atoms with E-state index < -0.39 is 0 Å². The number of aromatic nitrogens is 2. The lowest BCUT2D eigenvalue weighted by Gasteiger charge is -2.23. The third kappa shape index (κ3) is 5.57. The van der Waals surface area contributed by atoms with Gasteiger partial charge >= 0.3 is 6.03 Å². The number of aryl methyl sites for hydroxylation is 1. The monoisotopic (exact) mass is 369 g/mol. The van der Waals surface area contributed by atoms with Crippen molar-refractivity contribution in [3.63, 3.8) is 0 Å². The van der Waals surface area contributed by atoms with E-state index in [0.29, 0.717) is 12.5 Å². The van der Waals surface area contributed by atoms with Crippen LogP contribution in [0.25, 0.3) is 0 Å². The number of imidazole rings is 1. The number of hydrogen-bond acceptors (Lipinski definition) is 3. The molecule has 1 aliphatic heterocycles. The molecule has 1 aromatic heterocycles. The molecule has 2 heterocycles. The lowest BCUT2D eigenvalue weighted by molar-refractivity contribution is 0.191. The number of carbonyl (C=O) groups excluding carboxylic acids is 1. The fourth-order valence-electron chi connectivity index (χ4n) is 3.65. The Bertz CT molecular complexity index is 714. The number of likely N-dealkylation sites (tertiary alicyclic amines) is 1. The molecule has 1 saturated heterocycles. The van der Waals surface area contributed by atoms with Crippen LogP contribution in [-0.2, 0) is 20.1 Å². The highest BCUT2D eigenvalue weighted by atomic mass is 16.2. The molecule has 1 N–H and O–H groups in total. The van der Waals surface area contributed by atoms with E-state index in [4.69, 9.17) is 0 Å². The molecule has 2 aromatic rings. The van der Waals surface area contributed by atoms with Crippen LogP contribution in [0.15, 0.2) is 42.7 Å². The molecule has 27 heavy (non-hydrogen) atoms. The smallest absolute Gasteiger partial charge is 0.317 e. The lowest BCUT2D eigenvalue weighted by Crippen LogP contribution is -2.42. The van der Waals surface area contributed by atoms with Crippen LogP contribution in [-0.4, -0.2) is 51.6 Å². The first-order valence-corrected chi connectivity index (χ1v) is 9.91. The predicted octanol–water partition coefficient (Wildman–Crippen LogP) is 2.86. The number of rotatable bonds is 8. The van der Waals surface area contributed by atoms with Gasteiger partial charge in [0.15, 0.2) is 0 Å². The number of amides is 2. The minimum Gasteiger partial charge on any atom is -0.338 e. The van der Waals surface area contributed by atoms with Crippen LogP contribution >= 0.6 is 0 Å². The Morgan fingerprint density at radius 2 is 2.15 bits per heavy atom. The summed E-state index contributed by atoms with van der Waals surface area (Å²) in [5.74, 6) is 1.43. The Hall–Kier alpha value is -2.34. The van der Waals surface area contributed by atoms with E-state index in [1.807, 2.05) is 22.7 Å². The average molecular weight is 370 g/mol. The topological polar surface area (TPSA) is 53.4 Å². The summed E-state index contributed by atoms with van der Waals surface area (Å²) in [6.07, 6.45) is 5.76. The number of benzene rings is 1. The average Bonchev–Trinajstić information content (AvgIpc) is 3.29. The van der Waals surface area contributed by atoms with Crippen LogP contribution in [0.3, 0.4) is 0 Å². The van der Waals surface area contributed by atoms with Crippen molar-refractivity contribution in [2.24, 2.45) is 13.0 Å². The van der Waals surface area contributed by atoms with Gasteiger partial charge in [-0.15, -0.1) is 0 Å². The fourth-order valence-corrected chi connectivity index (χ4v) is 3.65. The van der Waals surface area contributed by atoms with Gasteiger partial charge in [0, 0.05) is 45.6 Å². The van der Waals surface area contributed by atoms with Crippen molar-refractivity contribution in [2.75, 3.05) is 26.2 Å². The molecule has 6 nitrogen and oxygen atoms in total. The first-order valence-electron chi connectivity index (χ1n) is 9.91. The van der Waals surface area contributed by atoms with Gasteiger partial charge in [0.2, 0.25) is 0 Å². The van der Waals surface area contributed by atoms with E-state index in [9.17, 15) is 4.79 Å². The first kappa shape index (κ1) is 19.4. The van der Waals surface area contributed by atoms with Gasteiger partial charge in [-0.05, 0) is 30.9 Å². The zero-order valence-electron chi connectivity index (χ0n) is 16.5. The summed E-state index contributed by atoms with van der Waals surface area (Å²) in [6, 6.07) is 10.6. The van der Waals surface area contributed by atoms with E-state index >= 15 is 0 Å². The summed E-state index contributed by atoms with van der Waals surface area (Å²) in [5.41, 5.74) is 1.35. The Balaban J connectivity index is 1.45. The second kappa shape index (κ2) is 9.55. The normalized spacial score (nSPS) is 17.2. The van der Waals surface area contributed by atoms with E-state index in [0.717, 1.165) is 51.4 Å². The van der Waals surface area contributed by atoms with E-state index in [1.54, 1.807) is 6.20 Å². The second-order valence-corrected chi connectivity index (χ2v) is 7.44. The van der Waals surface area contributed by atoms with Crippen molar-refractivity contribution in [3.8, 4) is 0 Å². The quantitative estimate of drug-likeness (QED) is 0.778. The summed E-state index contributed by atoms with van der Waals surface area (Å²) in [4.78, 5) is 21.3. The van der Waals surface area contributed by atoms with Crippen LogP contribution < -0.4 is 5.32 Å². The van der Waals surface area contributed by atoms with Crippen molar-refractivity contribution < 1.29 is 4.79 Å². The maximum atomic E-state index is 12.7. The van der Waals surface area contributed by atoms with Gasteiger partial charge in [-0.3, -0.25) is 4.90 Å².